The van der Waals surface area contributed by atoms with E-state index in [1.165, 1.54) is 23.2 Å². The van der Waals surface area contributed by atoms with Crippen molar-refractivity contribution in [1.82, 2.24) is 14.7 Å². The van der Waals surface area contributed by atoms with Crippen LogP contribution >= 0.6 is 11.6 Å². The van der Waals surface area contributed by atoms with Crippen LogP contribution in [0.15, 0.2) is 40.9 Å². The molecule has 0 N–H and O–H groups in total. The first kappa shape index (κ1) is 20.4. The molecule has 0 spiro atoms. The fourth-order valence-corrected chi connectivity index (χ4v) is 2.97. The van der Waals surface area contributed by atoms with Gasteiger partial charge in [-0.05, 0) is 31.2 Å². The minimum atomic E-state index is -0.446. The number of aromatic nitrogens is 2. The van der Waals surface area contributed by atoms with Crippen molar-refractivity contribution in [3.8, 4) is 5.75 Å². The van der Waals surface area contributed by atoms with Crippen LogP contribution in [0, 0.1) is 17.0 Å². The van der Waals surface area contributed by atoms with E-state index in [0.717, 1.165) is 0 Å². The summed E-state index contributed by atoms with van der Waals surface area (Å²) in [5.41, 5.74) is 1.24. The summed E-state index contributed by atoms with van der Waals surface area (Å²) >= 11 is 6.08. The highest BCUT2D eigenvalue weighted by molar-refractivity contribution is 6.31. The van der Waals surface area contributed by atoms with Crippen molar-refractivity contribution in [2.24, 2.45) is 7.05 Å². The second-order valence-electron chi connectivity index (χ2n) is 6.48. The number of rotatable bonds is 7. The summed E-state index contributed by atoms with van der Waals surface area (Å²) in [6.07, 6.45) is 1.53. The SMILES string of the molecule is Cc1cc(OCc2ccc(C(=O)N(C)Cc3c(Cl)cnn3C)o2)ccc1[N+](=O)[O-]. The average Bonchev–Trinajstić information content (AvgIpc) is 3.27. The van der Waals surface area contributed by atoms with E-state index in [-0.39, 0.29) is 30.5 Å². The number of aryl methyl sites for hydroxylation is 2. The molecule has 0 radical (unpaired) electrons. The van der Waals surface area contributed by atoms with E-state index in [1.807, 2.05) is 0 Å². The number of hydrogen-bond donors (Lipinski definition) is 0. The van der Waals surface area contributed by atoms with E-state index < -0.39 is 4.92 Å². The second-order valence-corrected chi connectivity index (χ2v) is 6.89. The zero-order valence-electron chi connectivity index (χ0n) is 16.1. The first-order chi connectivity index (χ1) is 13.8. The van der Waals surface area contributed by atoms with Gasteiger partial charge in [0.2, 0.25) is 0 Å². The Hall–Kier alpha value is -3.33. The third-order valence-corrected chi connectivity index (χ3v) is 4.68. The maximum absolute atomic E-state index is 12.6. The van der Waals surface area contributed by atoms with Gasteiger partial charge in [-0.15, -0.1) is 0 Å². The number of benzene rings is 1. The Labute approximate surface area is 171 Å². The fourth-order valence-electron chi connectivity index (χ4n) is 2.75. The molecule has 0 aliphatic heterocycles. The molecule has 0 unspecified atom stereocenters. The molecule has 3 aromatic rings. The van der Waals surface area contributed by atoms with Gasteiger partial charge >= 0.3 is 0 Å². The Morgan fingerprint density at radius 1 is 1.38 bits per heavy atom. The molecule has 10 heteroatoms. The molecule has 9 nitrogen and oxygen atoms in total. The van der Waals surface area contributed by atoms with Crippen LogP contribution in [-0.2, 0) is 20.2 Å². The average molecular weight is 419 g/mol. The minimum absolute atomic E-state index is 0.0276. The number of carbonyl (C=O) groups excluding carboxylic acids is 1. The van der Waals surface area contributed by atoms with Gasteiger partial charge in [0, 0.05) is 25.7 Å². The van der Waals surface area contributed by atoms with Crippen molar-refractivity contribution in [3.63, 3.8) is 0 Å². The summed E-state index contributed by atoms with van der Waals surface area (Å²) < 4.78 is 12.8. The van der Waals surface area contributed by atoms with Gasteiger partial charge in [-0.25, -0.2) is 0 Å². The number of carbonyl (C=O) groups is 1. The third kappa shape index (κ3) is 4.57. The van der Waals surface area contributed by atoms with Crippen LogP contribution in [0.2, 0.25) is 5.02 Å². The van der Waals surface area contributed by atoms with Gasteiger partial charge in [-0.3, -0.25) is 19.6 Å². The molecular weight excluding hydrogens is 400 g/mol. The van der Waals surface area contributed by atoms with Crippen LogP contribution in [-0.4, -0.2) is 32.6 Å². The number of amides is 1. The summed E-state index contributed by atoms with van der Waals surface area (Å²) in [4.78, 5) is 24.5. The topological polar surface area (TPSA) is 104 Å². The van der Waals surface area contributed by atoms with Crippen molar-refractivity contribution in [2.45, 2.75) is 20.1 Å². The molecule has 3 rings (SSSR count). The molecular formula is C19H19ClN4O5. The van der Waals surface area contributed by atoms with E-state index in [9.17, 15) is 14.9 Å². The van der Waals surface area contributed by atoms with Crippen LogP contribution in [0.1, 0.15) is 27.6 Å². The molecule has 0 fully saturated rings. The molecule has 29 heavy (non-hydrogen) atoms. The summed E-state index contributed by atoms with van der Waals surface area (Å²) in [5.74, 6) is 0.792. The van der Waals surface area contributed by atoms with Gasteiger partial charge in [0.1, 0.15) is 18.1 Å². The smallest absolute Gasteiger partial charge is 0.289 e. The predicted molar refractivity (Wildman–Crippen MR) is 105 cm³/mol. The van der Waals surface area contributed by atoms with E-state index >= 15 is 0 Å². The Kier molecular flexibility index (Phi) is 5.88. The van der Waals surface area contributed by atoms with Crippen LogP contribution in [0.5, 0.6) is 5.75 Å². The molecule has 2 heterocycles. The molecule has 0 aliphatic carbocycles. The van der Waals surface area contributed by atoms with Gasteiger partial charge in [0.15, 0.2) is 5.76 Å². The van der Waals surface area contributed by atoms with E-state index in [1.54, 1.807) is 43.9 Å². The van der Waals surface area contributed by atoms with Crippen molar-refractivity contribution in [3.05, 3.63) is 74.4 Å². The molecule has 0 saturated carbocycles. The number of hydrogen-bond acceptors (Lipinski definition) is 6. The zero-order valence-corrected chi connectivity index (χ0v) is 16.8. The first-order valence-electron chi connectivity index (χ1n) is 8.64. The Bertz CT molecular complexity index is 1040. The number of nitrogens with zero attached hydrogens (tertiary/aromatic N) is 4. The highest BCUT2D eigenvalue weighted by atomic mass is 35.5. The second kappa shape index (κ2) is 8.36. The van der Waals surface area contributed by atoms with Crippen LogP contribution in [0.3, 0.4) is 0 Å². The van der Waals surface area contributed by atoms with Crippen LogP contribution in [0.4, 0.5) is 5.69 Å². The molecule has 2 aromatic heterocycles. The monoisotopic (exact) mass is 418 g/mol. The first-order valence-corrected chi connectivity index (χ1v) is 9.02. The quantitative estimate of drug-likeness (QED) is 0.427. The summed E-state index contributed by atoms with van der Waals surface area (Å²) in [6, 6.07) is 7.71. The largest absolute Gasteiger partial charge is 0.486 e. The lowest BCUT2D eigenvalue weighted by atomic mass is 10.2. The number of nitro groups is 1. The van der Waals surface area contributed by atoms with Crippen molar-refractivity contribution in [2.75, 3.05) is 7.05 Å². The highest BCUT2D eigenvalue weighted by Crippen LogP contribution is 2.24. The van der Waals surface area contributed by atoms with Gasteiger partial charge < -0.3 is 14.1 Å². The molecule has 1 amide bonds. The van der Waals surface area contributed by atoms with Crippen molar-refractivity contribution in [1.29, 1.82) is 0 Å². The molecule has 1 aromatic carbocycles. The van der Waals surface area contributed by atoms with Gasteiger partial charge in [0.05, 0.1) is 28.4 Å². The zero-order chi connectivity index (χ0) is 21.1. The minimum Gasteiger partial charge on any atom is -0.486 e. The maximum atomic E-state index is 12.6. The van der Waals surface area contributed by atoms with E-state index in [4.69, 9.17) is 20.8 Å². The number of furan rings is 1. The lowest BCUT2D eigenvalue weighted by molar-refractivity contribution is -0.385. The summed E-state index contributed by atoms with van der Waals surface area (Å²) in [5, 5.41) is 15.4. The number of halogens is 1. The summed E-state index contributed by atoms with van der Waals surface area (Å²) in [6.45, 7) is 2.00. The third-order valence-electron chi connectivity index (χ3n) is 4.36. The molecule has 152 valence electrons. The van der Waals surface area contributed by atoms with Crippen LogP contribution < -0.4 is 4.74 Å². The van der Waals surface area contributed by atoms with Gasteiger partial charge in [0.25, 0.3) is 11.6 Å². The summed E-state index contributed by atoms with van der Waals surface area (Å²) in [7, 11) is 3.39. The molecule has 0 aliphatic rings. The number of nitro benzene ring substituents is 1. The number of ether oxygens (including phenoxy) is 1. The fraction of sp³-hybridized carbons (Fsp3) is 0.263. The van der Waals surface area contributed by atoms with Crippen molar-refractivity contribution < 1.29 is 18.9 Å². The van der Waals surface area contributed by atoms with Crippen molar-refractivity contribution >= 4 is 23.2 Å². The Morgan fingerprint density at radius 2 is 2.14 bits per heavy atom. The van der Waals surface area contributed by atoms with E-state index in [2.05, 4.69) is 5.10 Å². The maximum Gasteiger partial charge on any atom is 0.289 e. The molecule has 0 bridgehead atoms. The Morgan fingerprint density at radius 3 is 2.76 bits per heavy atom. The standard InChI is InChI=1S/C19H19ClN4O5/c1-12-8-13(4-6-16(12)24(26)27)28-11-14-5-7-18(29-14)19(25)22(2)10-17-15(20)9-21-23(17)3/h4-9H,10-11H2,1-3H3. The normalized spacial score (nSPS) is 10.8. The molecule has 0 saturated heterocycles. The highest BCUT2D eigenvalue weighted by Gasteiger charge is 2.19. The van der Waals surface area contributed by atoms with E-state index in [0.29, 0.717) is 27.8 Å². The van der Waals surface area contributed by atoms with Gasteiger partial charge in [-0.1, -0.05) is 11.6 Å². The lowest BCUT2D eigenvalue weighted by Gasteiger charge is -2.16. The lowest BCUT2D eigenvalue weighted by Crippen LogP contribution is -2.27. The predicted octanol–water partition coefficient (Wildman–Crippen LogP) is 3.73. The Balaban J connectivity index is 1.62. The molecule has 0 atom stereocenters. The van der Waals surface area contributed by atoms with Gasteiger partial charge in [-0.2, -0.15) is 5.10 Å². The van der Waals surface area contributed by atoms with Crippen LogP contribution in [0.25, 0.3) is 0 Å².